The Morgan fingerprint density at radius 2 is 0.980 bits per heavy atom. The fraction of sp³-hybridized carbons (Fsp3) is 0.0217. The van der Waals surface area contributed by atoms with E-state index >= 15 is 0 Å². The highest BCUT2D eigenvalue weighted by Gasteiger charge is 2.51. The number of hydrogen-bond donors (Lipinski definition) is 0. The van der Waals surface area contributed by atoms with Crippen LogP contribution in [0.2, 0.25) is 0 Å². The van der Waals surface area contributed by atoms with Crippen molar-refractivity contribution in [1.29, 1.82) is 0 Å². The highest BCUT2D eigenvalue weighted by atomic mass is 16.5. The summed E-state index contributed by atoms with van der Waals surface area (Å²) in [6, 6.07) is 59.4. The number of fused-ring (bicyclic) bond motifs is 13. The minimum absolute atomic E-state index is 0.553. The van der Waals surface area contributed by atoms with Crippen molar-refractivity contribution in [3.63, 3.8) is 0 Å². The third-order valence-electron chi connectivity index (χ3n) is 10.5. The first-order valence-electron chi connectivity index (χ1n) is 17.2. The second-order valence-corrected chi connectivity index (χ2v) is 13.1. The summed E-state index contributed by atoms with van der Waals surface area (Å²) in [4.78, 5) is 15.3. The fourth-order valence-corrected chi connectivity index (χ4v) is 8.51. The normalized spacial score (nSPS) is 13.4. The lowest BCUT2D eigenvalue weighted by Gasteiger charge is -2.39. The van der Waals surface area contributed by atoms with Gasteiger partial charge in [0.2, 0.25) is 5.95 Å². The second kappa shape index (κ2) is 10.6. The molecule has 5 nitrogen and oxygen atoms in total. The Morgan fingerprint density at radius 3 is 1.65 bits per heavy atom. The third kappa shape index (κ3) is 3.83. The maximum absolute atomic E-state index is 6.58. The quantitative estimate of drug-likeness (QED) is 0.191. The molecule has 0 radical (unpaired) electrons. The Morgan fingerprint density at radius 1 is 0.431 bits per heavy atom. The number of nitrogens with zero attached hydrogens (tertiary/aromatic N) is 4. The van der Waals surface area contributed by atoms with Crippen LogP contribution in [0.25, 0.3) is 61.7 Å². The molecule has 9 aromatic rings. The monoisotopic (exact) mass is 652 g/mol. The van der Waals surface area contributed by atoms with Gasteiger partial charge in [0.15, 0.2) is 11.6 Å². The highest BCUT2D eigenvalue weighted by Crippen LogP contribution is 2.63. The van der Waals surface area contributed by atoms with Crippen molar-refractivity contribution in [2.45, 2.75) is 5.41 Å². The lowest BCUT2D eigenvalue weighted by molar-refractivity contribution is 0.436. The molecule has 5 heteroatoms. The van der Waals surface area contributed by atoms with E-state index in [-0.39, 0.29) is 0 Å². The summed E-state index contributed by atoms with van der Waals surface area (Å²) in [5.74, 6) is 3.61. The van der Waals surface area contributed by atoms with Crippen LogP contribution < -0.4 is 4.74 Å². The third-order valence-corrected chi connectivity index (χ3v) is 10.5. The molecule has 0 unspecified atom stereocenters. The molecule has 11 rings (SSSR count). The van der Waals surface area contributed by atoms with E-state index < -0.39 is 5.41 Å². The summed E-state index contributed by atoms with van der Waals surface area (Å²) in [5.41, 5.74) is 10.6. The zero-order valence-corrected chi connectivity index (χ0v) is 27.4. The predicted octanol–water partition coefficient (Wildman–Crippen LogP) is 10.8. The van der Waals surface area contributed by atoms with Crippen molar-refractivity contribution in [3.05, 3.63) is 192 Å². The molecule has 51 heavy (non-hydrogen) atoms. The van der Waals surface area contributed by atoms with Gasteiger partial charge in [0.05, 0.1) is 16.4 Å². The number of ether oxygens (including phenoxy) is 1. The molecule has 0 N–H and O–H groups in total. The first-order valence-corrected chi connectivity index (χ1v) is 17.2. The SMILES string of the molecule is c1ccc(-c2nc(-c3ccccc3)nc(-n3c4ccccc4c4c5c(ccc43)C3(c4ccccc4Oc4ccccc43)c3ccccc3-5)n2)cc1. The van der Waals surface area contributed by atoms with Crippen molar-refractivity contribution in [3.8, 4) is 51.3 Å². The molecule has 1 aliphatic heterocycles. The maximum Gasteiger partial charge on any atom is 0.238 e. The summed E-state index contributed by atoms with van der Waals surface area (Å²) in [7, 11) is 0. The molecule has 0 fully saturated rings. The summed E-state index contributed by atoms with van der Waals surface area (Å²) in [5, 5.41) is 2.32. The van der Waals surface area contributed by atoms with E-state index in [9.17, 15) is 0 Å². The molecule has 0 saturated heterocycles. The molecule has 1 aliphatic carbocycles. The summed E-state index contributed by atoms with van der Waals surface area (Å²) in [6.45, 7) is 0. The number of aromatic nitrogens is 4. The van der Waals surface area contributed by atoms with Gasteiger partial charge < -0.3 is 4.74 Å². The van der Waals surface area contributed by atoms with Crippen LogP contribution >= 0.6 is 0 Å². The topological polar surface area (TPSA) is 52.8 Å². The molecule has 0 saturated carbocycles. The zero-order chi connectivity index (χ0) is 33.5. The first kappa shape index (κ1) is 28.0. The van der Waals surface area contributed by atoms with E-state index in [0.29, 0.717) is 17.6 Å². The molecular formula is C46H28N4O. The molecule has 2 aliphatic rings. The Kier molecular flexibility index (Phi) is 5.81. The highest BCUT2D eigenvalue weighted by molar-refractivity contribution is 6.18. The fourth-order valence-electron chi connectivity index (χ4n) is 8.51. The van der Waals surface area contributed by atoms with Gasteiger partial charge in [-0.2, -0.15) is 9.97 Å². The minimum Gasteiger partial charge on any atom is -0.457 e. The molecule has 0 atom stereocenters. The Bertz CT molecular complexity index is 2740. The largest absolute Gasteiger partial charge is 0.457 e. The van der Waals surface area contributed by atoms with E-state index in [2.05, 4.69) is 114 Å². The van der Waals surface area contributed by atoms with Crippen LogP contribution in [-0.2, 0) is 5.41 Å². The van der Waals surface area contributed by atoms with Crippen LogP contribution in [0.1, 0.15) is 22.3 Å². The maximum atomic E-state index is 6.58. The lowest BCUT2D eigenvalue weighted by Crippen LogP contribution is -2.32. The van der Waals surface area contributed by atoms with E-state index in [1.807, 2.05) is 60.7 Å². The molecular weight excluding hydrogens is 625 g/mol. The summed E-state index contributed by atoms with van der Waals surface area (Å²) in [6.07, 6.45) is 0. The van der Waals surface area contributed by atoms with E-state index in [4.69, 9.17) is 19.7 Å². The van der Waals surface area contributed by atoms with Gasteiger partial charge in [-0.25, -0.2) is 4.98 Å². The number of rotatable bonds is 3. The zero-order valence-electron chi connectivity index (χ0n) is 27.4. The second-order valence-electron chi connectivity index (χ2n) is 13.1. The van der Waals surface area contributed by atoms with Gasteiger partial charge in [-0.3, -0.25) is 4.57 Å². The van der Waals surface area contributed by atoms with Gasteiger partial charge in [-0.1, -0.05) is 146 Å². The minimum atomic E-state index is -0.553. The van der Waals surface area contributed by atoms with Crippen molar-refractivity contribution < 1.29 is 4.74 Å². The molecule has 0 amide bonds. The van der Waals surface area contributed by atoms with Crippen LogP contribution in [0.4, 0.5) is 0 Å². The summed E-state index contributed by atoms with van der Waals surface area (Å²) < 4.78 is 8.80. The molecule has 238 valence electrons. The van der Waals surface area contributed by atoms with E-state index in [1.165, 1.54) is 27.6 Å². The van der Waals surface area contributed by atoms with Gasteiger partial charge in [0.25, 0.3) is 0 Å². The molecule has 0 bridgehead atoms. The molecule has 3 heterocycles. The Hall–Kier alpha value is -6.85. The number of para-hydroxylation sites is 3. The van der Waals surface area contributed by atoms with Gasteiger partial charge in [-0.15, -0.1) is 0 Å². The van der Waals surface area contributed by atoms with Crippen LogP contribution in [0.3, 0.4) is 0 Å². The number of hydrogen-bond acceptors (Lipinski definition) is 4. The van der Waals surface area contributed by atoms with Crippen LogP contribution in [-0.4, -0.2) is 19.5 Å². The van der Waals surface area contributed by atoms with Crippen molar-refractivity contribution >= 4 is 21.8 Å². The average Bonchev–Trinajstić information content (AvgIpc) is 3.69. The van der Waals surface area contributed by atoms with Crippen molar-refractivity contribution in [2.75, 3.05) is 0 Å². The lowest BCUT2D eigenvalue weighted by atomic mass is 9.66. The van der Waals surface area contributed by atoms with E-state index in [1.54, 1.807) is 0 Å². The molecule has 7 aromatic carbocycles. The average molecular weight is 653 g/mol. The van der Waals surface area contributed by atoms with Gasteiger partial charge in [-0.05, 0) is 46.5 Å². The Balaban J connectivity index is 1.27. The van der Waals surface area contributed by atoms with Gasteiger partial charge in [0.1, 0.15) is 11.5 Å². The number of benzene rings is 7. The first-order chi connectivity index (χ1) is 25.3. The standard InChI is InChI=1S/C46H28N4O/c1-3-15-29(16-4-1)43-47-44(30-17-5-2-6-18-30)49-45(48-43)50-37-24-12-8-20-32(37)42-38(50)28-27-36-41(42)31-19-7-9-21-33(31)46(36)34-22-10-13-25-39(34)51-40-26-14-11-23-35(40)46/h1-28H. The smallest absolute Gasteiger partial charge is 0.238 e. The van der Waals surface area contributed by atoms with Crippen molar-refractivity contribution in [2.24, 2.45) is 0 Å². The predicted molar refractivity (Wildman–Crippen MR) is 202 cm³/mol. The molecule has 1 spiro atoms. The van der Waals surface area contributed by atoms with Gasteiger partial charge >= 0.3 is 0 Å². The van der Waals surface area contributed by atoms with E-state index in [0.717, 1.165) is 50.2 Å². The molecule has 2 aromatic heterocycles. The van der Waals surface area contributed by atoms with Crippen LogP contribution in [0.5, 0.6) is 11.5 Å². The summed E-state index contributed by atoms with van der Waals surface area (Å²) >= 11 is 0. The Labute approximate surface area is 294 Å². The van der Waals surface area contributed by atoms with Crippen LogP contribution in [0, 0.1) is 0 Å². The van der Waals surface area contributed by atoms with Crippen LogP contribution in [0.15, 0.2) is 170 Å². The van der Waals surface area contributed by atoms with Gasteiger partial charge in [0, 0.05) is 33.0 Å². The van der Waals surface area contributed by atoms with Crippen molar-refractivity contribution in [1.82, 2.24) is 19.5 Å².